The molecule has 0 saturated carbocycles. The van der Waals surface area contributed by atoms with Crippen LogP contribution < -0.4 is 5.32 Å². The summed E-state index contributed by atoms with van der Waals surface area (Å²) in [5, 5.41) is 12.4. The van der Waals surface area contributed by atoms with Crippen molar-refractivity contribution >= 4 is 17.7 Å². The first-order valence-electron chi connectivity index (χ1n) is 5.97. The van der Waals surface area contributed by atoms with E-state index in [1.54, 1.807) is 33.8 Å². The van der Waals surface area contributed by atoms with Gasteiger partial charge in [-0.2, -0.15) is 0 Å². The van der Waals surface area contributed by atoms with Crippen LogP contribution in [0.5, 0.6) is 0 Å². The second-order valence-corrected chi connectivity index (χ2v) is 5.66. The van der Waals surface area contributed by atoms with Gasteiger partial charge in [-0.3, -0.25) is 4.98 Å². The smallest absolute Gasteiger partial charge is 0.408 e. The number of carbonyl (C=O) groups excluding carboxylic acids is 1. The number of amides is 1. The molecule has 1 heterocycles. The standard InChI is InChI=1S/C13H19ClN2O3/c1-8(16-12(18)19-13(2,3)4)11-9(7-17)5-10(14)6-15-11/h5-6,8,17H,7H2,1-4H3,(H,16,18). The number of halogens is 1. The Balaban J connectivity index is 2.78. The van der Waals surface area contributed by atoms with Gasteiger partial charge in [-0.1, -0.05) is 11.6 Å². The summed E-state index contributed by atoms with van der Waals surface area (Å²) in [6.45, 7) is 6.94. The summed E-state index contributed by atoms with van der Waals surface area (Å²) in [4.78, 5) is 15.8. The van der Waals surface area contributed by atoms with Crippen molar-refractivity contribution in [3.05, 3.63) is 28.5 Å². The first-order valence-corrected chi connectivity index (χ1v) is 6.35. The van der Waals surface area contributed by atoms with Crippen molar-refractivity contribution in [1.29, 1.82) is 0 Å². The number of hydrogen-bond acceptors (Lipinski definition) is 4. The van der Waals surface area contributed by atoms with E-state index in [-0.39, 0.29) is 12.6 Å². The average Bonchev–Trinajstić information content (AvgIpc) is 2.25. The Morgan fingerprint density at radius 3 is 2.74 bits per heavy atom. The molecule has 1 unspecified atom stereocenters. The number of rotatable bonds is 3. The maximum absolute atomic E-state index is 11.7. The molecule has 0 saturated heterocycles. The summed E-state index contributed by atoms with van der Waals surface area (Å²) in [5.41, 5.74) is 0.589. The molecule has 0 aliphatic carbocycles. The van der Waals surface area contributed by atoms with Crippen molar-refractivity contribution in [2.24, 2.45) is 0 Å². The SMILES string of the molecule is CC(NC(=O)OC(C)(C)C)c1ncc(Cl)cc1CO. The quantitative estimate of drug-likeness (QED) is 0.896. The molecule has 1 amide bonds. The predicted octanol–water partition coefficient (Wildman–Crippen LogP) is 2.81. The number of nitrogens with one attached hydrogen (secondary N) is 1. The van der Waals surface area contributed by atoms with Gasteiger partial charge in [0.15, 0.2) is 0 Å². The maximum atomic E-state index is 11.7. The summed E-state index contributed by atoms with van der Waals surface area (Å²) in [7, 11) is 0. The van der Waals surface area contributed by atoms with E-state index >= 15 is 0 Å². The molecular formula is C13H19ClN2O3. The minimum absolute atomic E-state index is 0.191. The van der Waals surface area contributed by atoms with Crippen LogP contribution in [-0.4, -0.2) is 21.8 Å². The first-order chi connectivity index (χ1) is 8.73. The van der Waals surface area contributed by atoms with E-state index in [0.717, 1.165) is 0 Å². The Hall–Kier alpha value is -1.33. The minimum Gasteiger partial charge on any atom is -0.444 e. The van der Waals surface area contributed by atoms with Gasteiger partial charge >= 0.3 is 6.09 Å². The van der Waals surface area contributed by atoms with Crippen LogP contribution in [0.2, 0.25) is 5.02 Å². The number of nitrogens with zero attached hydrogens (tertiary/aromatic N) is 1. The Kier molecular flexibility index (Phi) is 5.14. The Morgan fingerprint density at radius 2 is 2.21 bits per heavy atom. The fraction of sp³-hybridized carbons (Fsp3) is 0.538. The highest BCUT2D eigenvalue weighted by atomic mass is 35.5. The summed E-state index contributed by atoms with van der Waals surface area (Å²) in [5.74, 6) is 0. The van der Waals surface area contributed by atoms with Gasteiger partial charge in [0.2, 0.25) is 0 Å². The number of pyridine rings is 1. The highest BCUT2D eigenvalue weighted by molar-refractivity contribution is 6.30. The van der Waals surface area contributed by atoms with Gasteiger partial charge in [0.25, 0.3) is 0 Å². The average molecular weight is 287 g/mol. The van der Waals surface area contributed by atoms with Crippen molar-refractivity contribution < 1.29 is 14.6 Å². The van der Waals surface area contributed by atoms with Gasteiger partial charge in [-0.25, -0.2) is 4.79 Å². The van der Waals surface area contributed by atoms with E-state index in [2.05, 4.69) is 10.3 Å². The monoisotopic (exact) mass is 286 g/mol. The lowest BCUT2D eigenvalue weighted by atomic mass is 10.1. The van der Waals surface area contributed by atoms with Gasteiger partial charge in [0.05, 0.1) is 23.4 Å². The molecule has 0 bridgehead atoms. The molecule has 0 fully saturated rings. The van der Waals surface area contributed by atoms with Crippen LogP contribution in [0.4, 0.5) is 4.79 Å². The van der Waals surface area contributed by atoms with Crippen molar-refractivity contribution in [1.82, 2.24) is 10.3 Å². The zero-order chi connectivity index (χ0) is 14.6. The van der Waals surface area contributed by atoms with Crippen LogP contribution in [-0.2, 0) is 11.3 Å². The molecule has 2 N–H and O–H groups in total. The third kappa shape index (κ3) is 5.04. The van der Waals surface area contributed by atoms with E-state index in [1.165, 1.54) is 6.20 Å². The molecule has 1 rings (SSSR count). The Bertz CT molecular complexity index is 458. The lowest BCUT2D eigenvalue weighted by Gasteiger charge is -2.22. The topological polar surface area (TPSA) is 71.5 Å². The van der Waals surface area contributed by atoms with Gasteiger partial charge < -0.3 is 15.2 Å². The van der Waals surface area contributed by atoms with Crippen molar-refractivity contribution in [2.45, 2.75) is 45.9 Å². The summed E-state index contributed by atoms with van der Waals surface area (Å²) in [6, 6.07) is 1.24. The third-order valence-electron chi connectivity index (χ3n) is 2.28. The first kappa shape index (κ1) is 15.7. The number of carbonyl (C=O) groups is 1. The van der Waals surface area contributed by atoms with Crippen LogP contribution in [0.1, 0.15) is 45.0 Å². The molecule has 0 spiro atoms. The number of alkyl carbamates (subject to hydrolysis) is 1. The summed E-state index contributed by atoms with van der Waals surface area (Å²) < 4.78 is 5.16. The molecule has 5 nitrogen and oxygen atoms in total. The van der Waals surface area contributed by atoms with Crippen molar-refractivity contribution in [3.8, 4) is 0 Å². The Morgan fingerprint density at radius 1 is 1.58 bits per heavy atom. The van der Waals surface area contributed by atoms with E-state index < -0.39 is 11.7 Å². The van der Waals surface area contributed by atoms with Gasteiger partial charge in [-0.15, -0.1) is 0 Å². The molecule has 0 aliphatic heterocycles. The second kappa shape index (κ2) is 6.21. The second-order valence-electron chi connectivity index (χ2n) is 5.22. The fourth-order valence-electron chi connectivity index (χ4n) is 1.56. The van der Waals surface area contributed by atoms with Gasteiger partial charge in [0.1, 0.15) is 5.60 Å². The number of aliphatic hydroxyl groups is 1. The van der Waals surface area contributed by atoms with Gasteiger partial charge in [0, 0.05) is 11.8 Å². The Labute approximate surface area is 117 Å². The highest BCUT2D eigenvalue weighted by Gasteiger charge is 2.20. The van der Waals surface area contributed by atoms with Crippen LogP contribution in [0.25, 0.3) is 0 Å². The number of aliphatic hydroxyl groups excluding tert-OH is 1. The van der Waals surface area contributed by atoms with Crippen molar-refractivity contribution in [3.63, 3.8) is 0 Å². The molecule has 0 aromatic carbocycles. The maximum Gasteiger partial charge on any atom is 0.408 e. The summed E-state index contributed by atoms with van der Waals surface area (Å²) in [6.07, 6.45) is 0.948. The number of ether oxygens (including phenoxy) is 1. The molecule has 0 aliphatic rings. The molecule has 1 aromatic rings. The molecule has 0 radical (unpaired) electrons. The van der Waals surface area contributed by atoms with Crippen LogP contribution >= 0.6 is 11.6 Å². The third-order valence-corrected chi connectivity index (χ3v) is 2.49. The van der Waals surface area contributed by atoms with E-state index in [9.17, 15) is 9.90 Å². The zero-order valence-corrected chi connectivity index (χ0v) is 12.3. The zero-order valence-electron chi connectivity index (χ0n) is 11.5. The lowest BCUT2D eigenvalue weighted by molar-refractivity contribution is 0.0506. The van der Waals surface area contributed by atoms with E-state index in [1.807, 2.05) is 0 Å². The minimum atomic E-state index is -0.558. The number of aromatic nitrogens is 1. The number of hydrogen-bond donors (Lipinski definition) is 2. The predicted molar refractivity (Wildman–Crippen MR) is 73.0 cm³/mol. The molecule has 1 atom stereocenters. The lowest BCUT2D eigenvalue weighted by Crippen LogP contribution is -2.34. The molecule has 6 heteroatoms. The van der Waals surface area contributed by atoms with E-state index in [0.29, 0.717) is 16.3 Å². The van der Waals surface area contributed by atoms with E-state index in [4.69, 9.17) is 16.3 Å². The molecule has 19 heavy (non-hydrogen) atoms. The van der Waals surface area contributed by atoms with Crippen LogP contribution in [0.3, 0.4) is 0 Å². The van der Waals surface area contributed by atoms with Gasteiger partial charge in [-0.05, 0) is 33.8 Å². The van der Waals surface area contributed by atoms with Crippen LogP contribution in [0, 0.1) is 0 Å². The molecule has 1 aromatic heterocycles. The summed E-state index contributed by atoms with van der Waals surface area (Å²) >= 11 is 5.81. The molecular weight excluding hydrogens is 268 g/mol. The van der Waals surface area contributed by atoms with Crippen LogP contribution in [0.15, 0.2) is 12.3 Å². The normalized spacial score (nSPS) is 12.9. The van der Waals surface area contributed by atoms with Crippen molar-refractivity contribution in [2.75, 3.05) is 0 Å². The largest absolute Gasteiger partial charge is 0.444 e. The highest BCUT2D eigenvalue weighted by Crippen LogP contribution is 2.19. The molecule has 106 valence electrons. The fourth-order valence-corrected chi connectivity index (χ4v) is 1.74.